The van der Waals surface area contributed by atoms with E-state index in [1.807, 2.05) is 48.7 Å². The average Bonchev–Trinajstić information content (AvgIpc) is 3.22. The van der Waals surface area contributed by atoms with Crippen LogP contribution in [0.15, 0.2) is 72.4 Å². The molecular formula is C24H27N5O2S. The van der Waals surface area contributed by atoms with Crippen molar-refractivity contribution in [3.05, 3.63) is 72.8 Å². The molecule has 0 aliphatic heterocycles. The molecular weight excluding hydrogens is 422 g/mol. The Morgan fingerprint density at radius 1 is 1.06 bits per heavy atom. The Balaban J connectivity index is 1.62. The summed E-state index contributed by atoms with van der Waals surface area (Å²) in [7, 11) is 0. The number of hydrogen-bond donors (Lipinski definition) is 1. The molecule has 3 aromatic rings. The summed E-state index contributed by atoms with van der Waals surface area (Å²) < 4.78 is 1.94. The molecule has 0 radical (unpaired) electrons. The van der Waals surface area contributed by atoms with E-state index in [1.165, 1.54) is 11.8 Å². The van der Waals surface area contributed by atoms with Crippen molar-refractivity contribution < 1.29 is 9.59 Å². The molecule has 0 saturated carbocycles. The zero-order valence-electron chi connectivity index (χ0n) is 18.3. The van der Waals surface area contributed by atoms with Crippen LogP contribution in [0.1, 0.15) is 24.2 Å². The minimum Gasteiger partial charge on any atom is -0.339 e. The van der Waals surface area contributed by atoms with Gasteiger partial charge in [0.25, 0.3) is 5.91 Å². The molecule has 8 heteroatoms. The fraction of sp³-hybridized carbons (Fsp3) is 0.250. The van der Waals surface area contributed by atoms with E-state index in [9.17, 15) is 9.59 Å². The molecule has 0 saturated heterocycles. The molecule has 0 aliphatic carbocycles. The summed E-state index contributed by atoms with van der Waals surface area (Å²) in [6.07, 6.45) is 1.78. The van der Waals surface area contributed by atoms with Gasteiger partial charge in [-0.2, -0.15) is 0 Å². The molecule has 1 aromatic heterocycles. The zero-order valence-corrected chi connectivity index (χ0v) is 19.1. The Morgan fingerprint density at radius 2 is 1.75 bits per heavy atom. The lowest BCUT2D eigenvalue weighted by atomic mass is 10.2. The predicted molar refractivity (Wildman–Crippen MR) is 129 cm³/mol. The Labute approximate surface area is 192 Å². The maximum Gasteiger partial charge on any atom is 0.253 e. The van der Waals surface area contributed by atoms with E-state index in [2.05, 4.69) is 22.1 Å². The summed E-state index contributed by atoms with van der Waals surface area (Å²) in [6.45, 7) is 9.58. The first-order valence-electron chi connectivity index (χ1n) is 10.5. The summed E-state index contributed by atoms with van der Waals surface area (Å²) in [5.74, 6) is 0.748. The molecule has 1 N–H and O–H groups in total. The Morgan fingerprint density at radius 3 is 2.38 bits per heavy atom. The van der Waals surface area contributed by atoms with Crippen molar-refractivity contribution in [3.8, 4) is 11.4 Å². The van der Waals surface area contributed by atoms with E-state index < -0.39 is 0 Å². The first-order chi connectivity index (χ1) is 15.6. The standard InChI is InChI=1S/C24H27N5O2S/c1-4-16-29-22(18-10-8-7-9-11-18)26-27-24(29)32-17-21(30)25-20-14-12-19(13-15-20)23(31)28(5-2)6-3/h4,7-15H,1,5-6,16-17H2,2-3H3,(H,25,30). The van der Waals surface area contributed by atoms with E-state index in [0.717, 1.165) is 11.4 Å². The molecule has 0 bridgehead atoms. The van der Waals surface area contributed by atoms with Gasteiger partial charge in [0, 0.05) is 36.4 Å². The number of hydrogen-bond acceptors (Lipinski definition) is 5. The SMILES string of the molecule is C=CCn1c(SCC(=O)Nc2ccc(C(=O)N(CC)CC)cc2)nnc1-c1ccccc1. The molecule has 7 nitrogen and oxygen atoms in total. The summed E-state index contributed by atoms with van der Waals surface area (Å²) in [5, 5.41) is 12.1. The highest BCUT2D eigenvalue weighted by atomic mass is 32.2. The molecule has 32 heavy (non-hydrogen) atoms. The van der Waals surface area contributed by atoms with E-state index >= 15 is 0 Å². The fourth-order valence-electron chi connectivity index (χ4n) is 3.21. The number of allylic oxidation sites excluding steroid dienone is 1. The largest absolute Gasteiger partial charge is 0.339 e. The van der Waals surface area contributed by atoms with Crippen molar-refractivity contribution in [2.75, 3.05) is 24.2 Å². The third-order valence-corrected chi connectivity index (χ3v) is 5.83. The Hall–Kier alpha value is -3.39. The number of nitrogens with one attached hydrogen (secondary N) is 1. The molecule has 0 aliphatic rings. The predicted octanol–water partition coefficient (Wildman–Crippen LogP) is 4.34. The van der Waals surface area contributed by atoms with Crippen LogP contribution >= 0.6 is 11.8 Å². The van der Waals surface area contributed by atoms with Crippen LogP contribution < -0.4 is 5.32 Å². The first kappa shape index (κ1) is 23.3. The lowest BCUT2D eigenvalue weighted by molar-refractivity contribution is -0.113. The van der Waals surface area contributed by atoms with Crippen LogP contribution in [0.3, 0.4) is 0 Å². The summed E-state index contributed by atoms with van der Waals surface area (Å²) in [6, 6.07) is 16.7. The number of rotatable bonds is 10. The van der Waals surface area contributed by atoms with Gasteiger partial charge in [-0.25, -0.2) is 0 Å². The van der Waals surface area contributed by atoms with Crippen LogP contribution in [0.4, 0.5) is 5.69 Å². The molecule has 0 atom stereocenters. The molecule has 0 spiro atoms. The van der Waals surface area contributed by atoms with E-state index in [1.54, 1.807) is 35.2 Å². The minimum atomic E-state index is -0.160. The summed E-state index contributed by atoms with van der Waals surface area (Å²) in [4.78, 5) is 26.6. The van der Waals surface area contributed by atoms with Gasteiger partial charge in [-0.1, -0.05) is 48.2 Å². The van der Waals surface area contributed by atoms with Crippen molar-refractivity contribution in [2.45, 2.75) is 25.5 Å². The quantitative estimate of drug-likeness (QED) is 0.368. The van der Waals surface area contributed by atoms with Crippen LogP contribution in [0.25, 0.3) is 11.4 Å². The monoisotopic (exact) mass is 449 g/mol. The van der Waals surface area contributed by atoms with Gasteiger partial charge in [-0.05, 0) is 38.1 Å². The molecule has 2 aromatic carbocycles. The van der Waals surface area contributed by atoms with Gasteiger partial charge in [0.1, 0.15) is 0 Å². The third kappa shape index (κ3) is 5.64. The van der Waals surface area contributed by atoms with Crippen LogP contribution in [-0.2, 0) is 11.3 Å². The van der Waals surface area contributed by atoms with E-state index in [0.29, 0.717) is 36.0 Å². The molecule has 0 fully saturated rings. The number of benzene rings is 2. The third-order valence-electron chi connectivity index (χ3n) is 4.86. The highest BCUT2D eigenvalue weighted by Gasteiger charge is 2.15. The van der Waals surface area contributed by atoms with Crippen molar-refractivity contribution in [1.29, 1.82) is 0 Å². The summed E-state index contributed by atoms with van der Waals surface area (Å²) in [5.41, 5.74) is 2.20. The van der Waals surface area contributed by atoms with Crippen LogP contribution in [0, 0.1) is 0 Å². The van der Waals surface area contributed by atoms with Crippen molar-refractivity contribution in [1.82, 2.24) is 19.7 Å². The number of carbonyl (C=O) groups is 2. The van der Waals surface area contributed by atoms with Gasteiger partial charge in [0.15, 0.2) is 11.0 Å². The molecule has 3 rings (SSSR count). The topological polar surface area (TPSA) is 80.1 Å². The van der Waals surface area contributed by atoms with Gasteiger partial charge >= 0.3 is 0 Å². The smallest absolute Gasteiger partial charge is 0.253 e. The van der Waals surface area contributed by atoms with Crippen LogP contribution in [-0.4, -0.2) is 50.3 Å². The Kier molecular flexibility index (Phi) is 8.21. The fourth-order valence-corrected chi connectivity index (χ4v) is 3.95. The van der Waals surface area contributed by atoms with E-state index in [-0.39, 0.29) is 17.6 Å². The number of aromatic nitrogens is 3. The first-order valence-corrected chi connectivity index (χ1v) is 11.5. The second kappa shape index (κ2) is 11.3. The number of carbonyl (C=O) groups excluding carboxylic acids is 2. The Bertz CT molecular complexity index is 1060. The van der Waals surface area contributed by atoms with Gasteiger partial charge < -0.3 is 10.2 Å². The van der Waals surface area contributed by atoms with Crippen LogP contribution in [0.5, 0.6) is 0 Å². The lowest BCUT2D eigenvalue weighted by Crippen LogP contribution is -2.30. The van der Waals surface area contributed by atoms with Gasteiger partial charge in [-0.15, -0.1) is 16.8 Å². The molecule has 2 amide bonds. The van der Waals surface area contributed by atoms with Crippen LogP contribution in [0.2, 0.25) is 0 Å². The highest BCUT2D eigenvalue weighted by Crippen LogP contribution is 2.24. The van der Waals surface area contributed by atoms with Crippen molar-refractivity contribution in [3.63, 3.8) is 0 Å². The normalized spacial score (nSPS) is 10.6. The second-order valence-electron chi connectivity index (χ2n) is 6.96. The molecule has 1 heterocycles. The molecule has 0 unspecified atom stereocenters. The lowest BCUT2D eigenvalue weighted by Gasteiger charge is -2.18. The highest BCUT2D eigenvalue weighted by molar-refractivity contribution is 7.99. The number of anilines is 1. The maximum atomic E-state index is 12.5. The minimum absolute atomic E-state index is 0.0146. The average molecular weight is 450 g/mol. The number of thioether (sulfide) groups is 1. The van der Waals surface area contributed by atoms with Crippen molar-refractivity contribution in [2.24, 2.45) is 0 Å². The van der Waals surface area contributed by atoms with E-state index in [4.69, 9.17) is 0 Å². The van der Waals surface area contributed by atoms with Gasteiger partial charge in [0.2, 0.25) is 5.91 Å². The molecule has 166 valence electrons. The zero-order chi connectivity index (χ0) is 22.9. The maximum absolute atomic E-state index is 12.5. The second-order valence-corrected chi connectivity index (χ2v) is 7.91. The summed E-state index contributed by atoms with van der Waals surface area (Å²) >= 11 is 1.32. The van der Waals surface area contributed by atoms with Gasteiger partial charge in [-0.3, -0.25) is 14.2 Å². The number of amides is 2. The van der Waals surface area contributed by atoms with Gasteiger partial charge in [0.05, 0.1) is 5.75 Å². The van der Waals surface area contributed by atoms with Crippen molar-refractivity contribution >= 4 is 29.3 Å². The number of nitrogens with zero attached hydrogens (tertiary/aromatic N) is 4.